The van der Waals surface area contributed by atoms with E-state index in [0.29, 0.717) is 49.2 Å². The Balaban J connectivity index is 0.000000827. The molecule has 1 N–H and O–H groups in total. The second-order valence-corrected chi connectivity index (χ2v) is 29.8. The Bertz CT molecular complexity index is 2150. The molecule has 0 aliphatic heterocycles. The number of carbonyl (C=O) groups excluding carboxylic acids is 4. The van der Waals surface area contributed by atoms with Gasteiger partial charge in [0, 0.05) is 26.2 Å². The van der Waals surface area contributed by atoms with Crippen LogP contribution in [0.1, 0.15) is 239 Å². The molecule has 0 amide bonds. The van der Waals surface area contributed by atoms with E-state index in [9.17, 15) is 29.4 Å². The summed E-state index contributed by atoms with van der Waals surface area (Å²) in [5.74, 6) is 6.87. The van der Waals surface area contributed by atoms with Crippen molar-refractivity contribution in [3.05, 3.63) is 23.3 Å². The van der Waals surface area contributed by atoms with E-state index in [4.69, 9.17) is 18.9 Å². The van der Waals surface area contributed by atoms with E-state index < -0.39 is 25.0 Å². The third-order valence-electron chi connectivity index (χ3n) is 24.1. The molecule has 0 aromatic heterocycles. The molecule has 0 bridgehead atoms. The van der Waals surface area contributed by atoms with Crippen LogP contribution in [0.2, 0.25) is 0 Å². The fourth-order valence-corrected chi connectivity index (χ4v) is 19.9. The molecule has 492 valence electrons. The fraction of sp³-hybridized carbons (Fsp3) is 0.889. The Morgan fingerprint density at radius 1 is 0.523 bits per heavy atom. The number of nitrogens with zero attached hydrogens (tertiary/aromatic N) is 2. The van der Waals surface area contributed by atoms with Crippen molar-refractivity contribution in [2.24, 2.45) is 92.7 Å². The summed E-state index contributed by atoms with van der Waals surface area (Å²) in [5.41, 5.74) is 4.82. The summed E-state index contributed by atoms with van der Waals surface area (Å²) in [6, 6.07) is 0. The summed E-state index contributed by atoms with van der Waals surface area (Å²) in [6.45, 7) is 30.1. The molecule has 16 atom stereocenters. The maximum atomic E-state index is 12.1. The number of aliphatic carboxylic acids is 2. The topological polar surface area (TPSA) is 188 Å². The smallest absolute Gasteiger partial charge is 0.870 e. The van der Waals surface area contributed by atoms with Crippen molar-refractivity contribution in [2.45, 2.75) is 251 Å². The van der Waals surface area contributed by atoms with E-state index >= 15 is 0 Å². The number of allylic oxidation sites excluding steroid dienone is 2. The van der Waals surface area contributed by atoms with Crippen LogP contribution in [0, 0.1) is 92.7 Å². The Kier molecular flexibility index (Phi) is 37.2. The molecule has 6 fully saturated rings. The maximum absolute atomic E-state index is 12.1. The zero-order valence-corrected chi connectivity index (χ0v) is 57.3. The van der Waals surface area contributed by atoms with Crippen molar-refractivity contribution in [3.8, 4) is 0 Å². The Labute approximate surface area is 573 Å². The van der Waals surface area contributed by atoms with Gasteiger partial charge in [0.15, 0.2) is 0 Å². The Hall–Kier alpha value is -1.05. The van der Waals surface area contributed by atoms with Gasteiger partial charge in [-0.3, -0.25) is 19.4 Å². The minimum absolute atomic E-state index is 0. The van der Waals surface area contributed by atoms with Crippen LogP contribution >= 0.6 is 0 Å². The van der Waals surface area contributed by atoms with Crippen LogP contribution in [-0.2, 0) is 38.1 Å². The van der Waals surface area contributed by atoms with Gasteiger partial charge < -0.3 is 44.2 Å². The maximum Gasteiger partial charge on any atom is 1.00 e. The van der Waals surface area contributed by atoms with Gasteiger partial charge in [0.05, 0.1) is 63.7 Å². The number of carboxylic acid groups (broad SMARTS) is 2. The number of carboxylic acids is 2. The predicted octanol–water partition coefficient (Wildman–Crippen LogP) is 4.16. The van der Waals surface area contributed by atoms with Crippen molar-refractivity contribution in [2.75, 3.05) is 65.7 Å². The number of fused-ring (bicyclic) bond motifs is 10. The molecular weight excluding hydrogens is 1090 g/mol. The van der Waals surface area contributed by atoms with E-state index in [0.717, 1.165) is 103 Å². The minimum atomic E-state index is -1.29. The van der Waals surface area contributed by atoms with Crippen molar-refractivity contribution >= 4 is 23.9 Å². The number of rotatable bonds is 28. The van der Waals surface area contributed by atoms with Crippen molar-refractivity contribution in [1.29, 1.82) is 0 Å². The van der Waals surface area contributed by atoms with E-state index in [1.165, 1.54) is 114 Å². The van der Waals surface area contributed by atoms with Gasteiger partial charge in [0.1, 0.15) is 0 Å². The van der Waals surface area contributed by atoms with E-state index in [1.807, 2.05) is 0 Å². The van der Waals surface area contributed by atoms with Gasteiger partial charge in [-0.15, -0.1) is 0 Å². The van der Waals surface area contributed by atoms with Gasteiger partial charge in [0.25, 0.3) is 0 Å². The molecule has 8 aliphatic carbocycles. The standard InChI is InChI=1S/C37H63NO5.C33H55NO5.2CH4.3Li.H2O/c1-8-41-34(39)24-38(25-35(40)42-9-2)21-22-43-29-17-19-36(6)28(23-29)13-14-30-32-16-15-31(27(5)12-10-11-26(3)4)37(32,7)20-18-33(30)36;1-22(2)7-6-8-23(3)27-11-12-28-26-10-9-24-19-25(39-18-17-34(20-30(35)36)21-31(37)38)13-15-32(24,4)29(26)14-16-33(27,28)5;;;;;;/h13,26-27,29-33H,8-12,14-25H2,1-7H3;9,22-23,25-29H,6-8,10-21H2,1-5H3,(H,35,36)(H,37,38);2*1H4;;;;1H2/q;;;;3*+1;/p-3/t27-,29+,30?,31-,32?,33?,36+,37-;23-,25+,26?,27-,28?,29?,32+,33-;;;;;;/m11....../s1. The molecule has 0 aromatic rings. The van der Waals surface area contributed by atoms with Gasteiger partial charge in [-0.1, -0.05) is 146 Å². The molecular formula is C72H125Li3N2O11. The summed E-state index contributed by atoms with van der Waals surface area (Å²) < 4.78 is 22.8. The van der Waals surface area contributed by atoms with E-state index in [1.54, 1.807) is 29.9 Å². The molecule has 0 heterocycles. The first-order chi connectivity index (χ1) is 38.9. The van der Waals surface area contributed by atoms with Gasteiger partial charge in [0.2, 0.25) is 0 Å². The largest absolute Gasteiger partial charge is 1.00 e. The molecule has 0 aromatic carbocycles. The minimum Gasteiger partial charge on any atom is -0.870 e. The zero-order valence-electron chi connectivity index (χ0n) is 57.3. The van der Waals surface area contributed by atoms with Crippen LogP contribution in [0.25, 0.3) is 0 Å². The van der Waals surface area contributed by atoms with Gasteiger partial charge in [-0.05, 0) is 209 Å². The average molecular weight is 1220 g/mol. The third-order valence-corrected chi connectivity index (χ3v) is 24.1. The summed E-state index contributed by atoms with van der Waals surface area (Å²) in [5, 5.41) is 21.9. The monoisotopic (exact) mass is 1210 g/mol. The molecule has 0 spiro atoms. The second kappa shape index (κ2) is 38.5. The molecule has 6 unspecified atom stereocenters. The number of esters is 2. The first-order valence-electron chi connectivity index (χ1n) is 33.7. The summed E-state index contributed by atoms with van der Waals surface area (Å²) in [4.78, 5) is 49.2. The average Bonchev–Trinajstić information content (AvgIpc) is 1.34. The second-order valence-electron chi connectivity index (χ2n) is 29.8. The third kappa shape index (κ3) is 21.0. The molecule has 6 saturated carbocycles. The van der Waals surface area contributed by atoms with Crippen molar-refractivity contribution in [3.63, 3.8) is 0 Å². The molecule has 8 aliphatic rings. The molecule has 0 radical (unpaired) electrons. The van der Waals surface area contributed by atoms with Gasteiger partial charge >= 0.3 is 68.5 Å². The fourth-order valence-electron chi connectivity index (χ4n) is 19.9. The summed E-state index contributed by atoms with van der Waals surface area (Å²) >= 11 is 0. The predicted molar refractivity (Wildman–Crippen MR) is 337 cm³/mol. The summed E-state index contributed by atoms with van der Waals surface area (Å²) in [6.07, 6.45) is 34.0. The SMILES string of the molecule is C.C.CC(C)CCC[C@@H](C)[C@H]1CCC2C3CC=C4C[C@@H](OCCN(CC(=O)[O-])CC(=O)[O-])CC[C@]4(C)C3CC[C@@]21C.CCOC(=O)CN(CCO[C@H]1CC[C@@]2(C)C(=CCC3C2CC[C@@]2(C)C3CC[C@@H]2[C@H](C)CCCC(C)C)C1)CC(=O)OCC.[Li+].[Li+].[Li+].[OH-]. The van der Waals surface area contributed by atoms with Crippen LogP contribution in [0.15, 0.2) is 23.3 Å². The zero-order chi connectivity index (χ0) is 59.6. The van der Waals surface area contributed by atoms with E-state index in [-0.39, 0.29) is 126 Å². The molecule has 0 saturated heterocycles. The first-order valence-corrected chi connectivity index (χ1v) is 33.7. The van der Waals surface area contributed by atoms with Crippen LogP contribution < -0.4 is 66.8 Å². The number of hydrogen-bond acceptors (Lipinski definition) is 13. The van der Waals surface area contributed by atoms with Crippen LogP contribution in [0.3, 0.4) is 0 Å². The quantitative estimate of drug-likeness (QED) is 0.0618. The molecule has 13 nitrogen and oxygen atoms in total. The Morgan fingerprint density at radius 3 is 1.23 bits per heavy atom. The first kappa shape index (κ1) is 85.0. The Morgan fingerprint density at radius 2 is 0.886 bits per heavy atom. The molecule has 88 heavy (non-hydrogen) atoms. The number of ether oxygens (including phenoxy) is 4. The number of carbonyl (C=O) groups is 4. The van der Waals surface area contributed by atoms with Gasteiger partial charge in [-0.25, -0.2) is 0 Å². The van der Waals surface area contributed by atoms with Crippen LogP contribution in [-0.4, -0.2) is 117 Å². The van der Waals surface area contributed by atoms with Crippen molar-refractivity contribution < 1.29 is 110 Å². The molecule has 16 heteroatoms. The number of hydrogen-bond donors (Lipinski definition) is 0. The van der Waals surface area contributed by atoms with Crippen LogP contribution in [0.4, 0.5) is 0 Å². The summed E-state index contributed by atoms with van der Waals surface area (Å²) in [7, 11) is 0. The van der Waals surface area contributed by atoms with Gasteiger partial charge in [-0.2, -0.15) is 0 Å². The van der Waals surface area contributed by atoms with E-state index in [2.05, 4.69) is 81.4 Å². The van der Waals surface area contributed by atoms with Crippen LogP contribution in [0.5, 0.6) is 0 Å². The molecule has 8 rings (SSSR count). The van der Waals surface area contributed by atoms with Crippen molar-refractivity contribution in [1.82, 2.24) is 9.80 Å². The normalized spacial score (nSPS) is 33.0.